The number of hydrogen-bond donors (Lipinski definition) is 2. The van der Waals surface area contributed by atoms with Gasteiger partial charge in [-0.3, -0.25) is 10.3 Å². The standard InChI is InChI=1S/C10H21N5O3S/c11-10(12)9-13-1-3-14(4-2-13)19(16,17)15-5-7-18-8-6-15/h1-9H2,(H3,11,12). The van der Waals surface area contributed by atoms with Gasteiger partial charge in [-0.1, -0.05) is 0 Å². The van der Waals surface area contributed by atoms with Crippen LogP contribution in [0.3, 0.4) is 0 Å². The highest BCUT2D eigenvalue weighted by Gasteiger charge is 2.33. The van der Waals surface area contributed by atoms with Gasteiger partial charge in [0.25, 0.3) is 10.2 Å². The number of nitrogens with zero attached hydrogens (tertiary/aromatic N) is 3. The lowest BCUT2D eigenvalue weighted by Gasteiger charge is -2.37. The number of ether oxygens (including phenoxy) is 1. The van der Waals surface area contributed by atoms with Gasteiger partial charge >= 0.3 is 0 Å². The van der Waals surface area contributed by atoms with Crippen LogP contribution in [0, 0.1) is 5.41 Å². The summed E-state index contributed by atoms with van der Waals surface area (Å²) in [5.74, 6) is 0.115. The Morgan fingerprint density at radius 1 is 1.05 bits per heavy atom. The Balaban J connectivity index is 1.90. The van der Waals surface area contributed by atoms with Crippen LogP contribution >= 0.6 is 0 Å². The van der Waals surface area contributed by atoms with Gasteiger partial charge in [0.05, 0.1) is 19.8 Å². The molecule has 2 rings (SSSR count). The first-order valence-corrected chi connectivity index (χ1v) is 7.78. The molecular formula is C10H21N5O3S. The summed E-state index contributed by atoms with van der Waals surface area (Å²) in [5.41, 5.74) is 5.35. The van der Waals surface area contributed by atoms with Crippen molar-refractivity contribution in [2.45, 2.75) is 0 Å². The van der Waals surface area contributed by atoms with Crippen LogP contribution < -0.4 is 5.73 Å². The predicted molar refractivity (Wildman–Crippen MR) is 71.2 cm³/mol. The zero-order valence-electron chi connectivity index (χ0n) is 10.9. The molecule has 0 aromatic heterocycles. The molecule has 0 saturated carbocycles. The highest BCUT2D eigenvalue weighted by atomic mass is 32.2. The smallest absolute Gasteiger partial charge is 0.282 e. The Hall–Kier alpha value is -0.740. The van der Waals surface area contributed by atoms with Gasteiger partial charge in [-0.2, -0.15) is 17.0 Å². The summed E-state index contributed by atoms with van der Waals surface area (Å²) in [4.78, 5) is 1.99. The van der Waals surface area contributed by atoms with E-state index in [0.717, 1.165) is 0 Å². The lowest BCUT2D eigenvalue weighted by molar-refractivity contribution is 0.0688. The van der Waals surface area contributed by atoms with E-state index >= 15 is 0 Å². The largest absolute Gasteiger partial charge is 0.387 e. The minimum atomic E-state index is -3.36. The van der Waals surface area contributed by atoms with Crippen molar-refractivity contribution >= 4 is 16.0 Å². The monoisotopic (exact) mass is 291 g/mol. The lowest BCUT2D eigenvalue weighted by Crippen LogP contribution is -2.55. The first-order chi connectivity index (χ1) is 9.00. The van der Waals surface area contributed by atoms with E-state index in [9.17, 15) is 8.42 Å². The number of morpholine rings is 1. The minimum Gasteiger partial charge on any atom is -0.387 e. The number of nitrogens with two attached hydrogens (primary N) is 1. The quantitative estimate of drug-likeness (QED) is 0.466. The topological polar surface area (TPSA) is 103 Å². The molecule has 2 saturated heterocycles. The highest BCUT2D eigenvalue weighted by Crippen LogP contribution is 2.13. The molecule has 0 aliphatic carbocycles. The molecule has 19 heavy (non-hydrogen) atoms. The summed E-state index contributed by atoms with van der Waals surface area (Å²) >= 11 is 0. The first kappa shape index (κ1) is 14.7. The summed E-state index contributed by atoms with van der Waals surface area (Å²) in [6.07, 6.45) is 0. The maximum absolute atomic E-state index is 12.4. The van der Waals surface area contributed by atoms with E-state index in [4.69, 9.17) is 15.9 Å². The third-order valence-electron chi connectivity index (χ3n) is 3.35. The van der Waals surface area contributed by atoms with E-state index in [1.165, 1.54) is 8.61 Å². The van der Waals surface area contributed by atoms with Crippen LogP contribution in [-0.4, -0.2) is 86.8 Å². The van der Waals surface area contributed by atoms with Crippen molar-refractivity contribution in [1.82, 2.24) is 13.5 Å². The molecule has 0 amide bonds. The highest BCUT2D eigenvalue weighted by molar-refractivity contribution is 7.86. The minimum absolute atomic E-state index is 0.115. The zero-order chi connectivity index (χ0) is 13.9. The number of amidine groups is 1. The second-order valence-electron chi connectivity index (χ2n) is 4.72. The fraction of sp³-hybridized carbons (Fsp3) is 0.900. The van der Waals surface area contributed by atoms with Crippen LogP contribution in [0.5, 0.6) is 0 Å². The van der Waals surface area contributed by atoms with Crippen LogP contribution in [0.1, 0.15) is 0 Å². The van der Waals surface area contributed by atoms with E-state index in [0.29, 0.717) is 59.0 Å². The molecule has 3 N–H and O–H groups in total. The average molecular weight is 291 g/mol. The number of rotatable bonds is 4. The molecular weight excluding hydrogens is 270 g/mol. The summed E-state index contributed by atoms with van der Waals surface area (Å²) in [7, 11) is -3.36. The van der Waals surface area contributed by atoms with Crippen molar-refractivity contribution < 1.29 is 13.2 Å². The van der Waals surface area contributed by atoms with Crippen molar-refractivity contribution in [3.63, 3.8) is 0 Å². The summed E-state index contributed by atoms with van der Waals surface area (Å²) in [6, 6.07) is 0. The van der Waals surface area contributed by atoms with E-state index in [1.807, 2.05) is 4.90 Å². The van der Waals surface area contributed by atoms with Gasteiger partial charge in [0.2, 0.25) is 0 Å². The van der Waals surface area contributed by atoms with Crippen molar-refractivity contribution in [2.75, 3.05) is 59.0 Å². The van der Waals surface area contributed by atoms with Gasteiger partial charge in [-0.25, -0.2) is 0 Å². The zero-order valence-corrected chi connectivity index (χ0v) is 11.7. The fourth-order valence-corrected chi connectivity index (χ4v) is 3.86. The maximum atomic E-state index is 12.4. The molecule has 2 aliphatic heterocycles. The van der Waals surface area contributed by atoms with Gasteiger partial charge in [-0.05, 0) is 0 Å². The van der Waals surface area contributed by atoms with E-state index in [-0.39, 0.29) is 5.84 Å². The normalized spacial score (nSPS) is 24.4. The summed E-state index contributed by atoms with van der Waals surface area (Å²) < 4.78 is 32.9. The van der Waals surface area contributed by atoms with Gasteiger partial charge in [0.15, 0.2) is 0 Å². The van der Waals surface area contributed by atoms with E-state index < -0.39 is 10.2 Å². The Morgan fingerprint density at radius 3 is 2.11 bits per heavy atom. The van der Waals surface area contributed by atoms with Crippen molar-refractivity contribution in [2.24, 2.45) is 5.73 Å². The Labute approximate surface area is 113 Å². The SMILES string of the molecule is N=C(N)CN1CCN(S(=O)(=O)N2CCOCC2)CC1. The molecule has 110 valence electrons. The van der Waals surface area contributed by atoms with Crippen LogP contribution in [0.2, 0.25) is 0 Å². The maximum Gasteiger partial charge on any atom is 0.282 e. The molecule has 2 aliphatic rings. The molecule has 9 heteroatoms. The van der Waals surface area contributed by atoms with Gasteiger partial charge in [0.1, 0.15) is 5.84 Å². The fourth-order valence-electron chi connectivity index (χ4n) is 2.30. The first-order valence-electron chi connectivity index (χ1n) is 6.38. The number of hydrogen-bond acceptors (Lipinski definition) is 5. The molecule has 0 unspecified atom stereocenters. The second kappa shape index (κ2) is 6.14. The molecule has 0 aromatic rings. The summed E-state index contributed by atoms with van der Waals surface area (Å²) in [6.45, 7) is 4.32. The van der Waals surface area contributed by atoms with Crippen LogP contribution in [0.15, 0.2) is 0 Å². The third kappa shape index (κ3) is 3.63. The molecule has 0 atom stereocenters. The third-order valence-corrected chi connectivity index (χ3v) is 5.38. The van der Waals surface area contributed by atoms with Crippen molar-refractivity contribution in [3.8, 4) is 0 Å². The molecule has 8 nitrogen and oxygen atoms in total. The average Bonchev–Trinajstić information content (AvgIpc) is 2.40. The summed E-state index contributed by atoms with van der Waals surface area (Å²) in [5, 5.41) is 7.25. The van der Waals surface area contributed by atoms with Crippen LogP contribution in [-0.2, 0) is 14.9 Å². The van der Waals surface area contributed by atoms with E-state index in [1.54, 1.807) is 0 Å². The number of nitrogens with one attached hydrogen (secondary N) is 1. The molecule has 0 aromatic carbocycles. The molecule has 0 bridgehead atoms. The lowest BCUT2D eigenvalue weighted by atomic mass is 10.3. The molecule has 2 heterocycles. The second-order valence-corrected chi connectivity index (χ2v) is 6.65. The van der Waals surface area contributed by atoms with Gasteiger partial charge in [-0.15, -0.1) is 0 Å². The molecule has 0 radical (unpaired) electrons. The molecule has 0 spiro atoms. The molecule has 2 fully saturated rings. The van der Waals surface area contributed by atoms with E-state index in [2.05, 4.69) is 0 Å². The van der Waals surface area contributed by atoms with Gasteiger partial charge in [0, 0.05) is 39.3 Å². The Bertz CT molecular complexity index is 413. The predicted octanol–water partition coefficient (Wildman–Crippen LogP) is -1.88. The van der Waals surface area contributed by atoms with Crippen molar-refractivity contribution in [1.29, 1.82) is 5.41 Å². The Kier molecular flexibility index (Phi) is 4.74. The van der Waals surface area contributed by atoms with Gasteiger partial charge < -0.3 is 10.5 Å². The van der Waals surface area contributed by atoms with Crippen LogP contribution in [0.25, 0.3) is 0 Å². The Morgan fingerprint density at radius 2 is 1.58 bits per heavy atom. The van der Waals surface area contributed by atoms with Crippen molar-refractivity contribution in [3.05, 3.63) is 0 Å². The number of piperazine rings is 1. The van der Waals surface area contributed by atoms with Crippen LogP contribution in [0.4, 0.5) is 0 Å².